The van der Waals surface area contributed by atoms with Crippen molar-refractivity contribution in [3.63, 3.8) is 0 Å². The van der Waals surface area contributed by atoms with Gasteiger partial charge in [-0.05, 0) is 37.0 Å². The zero-order chi connectivity index (χ0) is 17.2. The van der Waals surface area contributed by atoms with Gasteiger partial charge in [0.2, 0.25) is 0 Å². The van der Waals surface area contributed by atoms with E-state index in [1.54, 1.807) is 12.1 Å². The third-order valence-corrected chi connectivity index (χ3v) is 6.84. The summed E-state index contributed by atoms with van der Waals surface area (Å²) in [7, 11) is 3.93. The highest BCUT2D eigenvalue weighted by molar-refractivity contribution is 8.77. The number of ether oxygens (including phenoxy) is 1. The Labute approximate surface area is 151 Å². The van der Waals surface area contributed by atoms with Crippen LogP contribution in [0, 0.1) is 0 Å². The number of hydrogen-bond donors (Lipinski definition) is 1. The number of nitrogens with two attached hydrogens (primary N) is 1. The van der Waals surface area contributed by atoms with Crippen molar-refractivity contribution in [2.75, 3.05) is 24.7 Å². The number of Topliss-reactive ketones (excluding diaryl/α,β-unsaturated/α-hetero) is 2. The molecule has 1 heterocycles. The second-order valence-electron chi connectivity index (χ2n) is 6.07. The molecule has 1 unspecified atom stereocenters. The molecule has 1 aliphatic heterocycles. The number of carbonyl (C=O) groups is 2. The average molecular weight is 368 g/mol. The molecule has 1 fully saturated rings. The number of anilines is 1. The van der Waals surface area contributed by atoms with Crippen LogP contribution in [0.5, 0.6) is 0 Å². The SMILES string of the molecule is Nc1cccc(CC(=O)COCC(=O)CCCCC2CCSS2)c1. The molecule has 4 nitrogen and oxygen atoms in total. The molecule has 1 aromatic carbocycles. The lowest BCUT2D eigenvalue weighted by Gasteiger charge is -2.07. The van der Waals surface area contributed by atoms with E-state index in [4.69, 9.17) is 10.5 Å². The van der Waals surface area contributed by atoms with Gasteiger partial charge in [-0.2, -0.15) is 0 Å². The van der Waals surface area contributed by atoms with Crippen LogP contribution in [-0.4, -0.2) is 35.8 Å². The van der Waals surface area contributed by atoms with Crippen LogP contribution >= 0.6 is 21.6 Å². The second kappa shape index (κ2) is 10.8. The molecule has 24 heavy (non-hydrogen) atoms. The third-order valence-electron chi connectivity index (χ3n) is 3.84. The standard InChI is InChI=1S/C18H25NO3S2/c19-15-5-3-4-14(10-15)11-17(21)13-22-12-16(20)6-1-2-7-18-8-9-23-24-18/h3-5,10,18H,1-2,6-9,11-13,19H2. The van der Waals surface area contributed by atoms with Gasteiger partial charge >= 0.3 is 0 Å². The van der Waals surface area contributed by atoms with E-state index in [9.17, 15) is 9.59 Å². The summed E-state index contributed by atoms with van der Waals surface area (Å²) in [4.78, 5) is 23.6. The molecule has 0 bridgehead atoms. The molecule has 2 N–H and O–H groups in total. The maximum atomic E-state index is 11.8. The molecule has 0 amide bonds. The molecular weight excluding hydrogens is 342 g/mol. The molecule has 1 atom stereocenters. The van der Waals surface area contributed by atoms with E-state index in [-0.39, 0.29) is 31.2 Å². The van der Waals surface area contributed by atoms with Crippen LogP contribution in [0.3, 0.4) is 0 Å². The number of nitrogen functional groups attached to an aromatic ring is 1. The Morgan fingerprint density at radius 2 is 2.04 bits per heavy atom. The molecule has 2 rings (SSSR count). The zero-order valence-electron chi connectivity index (χ0n) is 13.9. The number of benzene rings is 1. The number of rotatable bonds is 11. The fraction of sp³-hybridized carbons (Fsp3) is 0.556. The highest BCUT2D eigenvalue weighted by Gasteiger charge is 2.15. The van der Waals surface area contributed by atoms with Crippen LogP contribution < -0.4 is 5.73 Å². The first kappa shape index (κ1) is 19.3. The van der Waals surface area contributed by atoms with Crippen LogP contribution in [0.4, 0.5) is 5.69 Å². The molecule has 0 aliphatic carbocycles. The van der Waals surface area contributed by atoms with Crippen molar-refractivity contribution < 1.29 is 14.3 Å². The van der Waals surface area contributed by atoms with E-state index in [0.717, 1.165) is 23.7 Å². The summed E-state index contributed by atoms with van der Waals surface area (Å²) >= 11 is 0. The Kier molecular flexibility index (Phi) is 8.70. The van der Waals surface area contributed by atoms with Gasteiger partial charge in [-0.25, -0.2) is 0 Å². The van der Waals surface area contributed by atoms with E-state index < -0.39 is 0 Å². The van der Waals surface area contributed by atoms with Gasteiger partial charge in [0.05, 0.1) is 0 Å². The minimum Gasteiger partial charge on any atom is -0.399 e. The first-order chi connectivity index (χ1) is 11.6. The highest BCUT2D eigenvalue weighted by Crippen LogP contribution is 2.39. The van der Waals surface area contributed by atoms with Crippen molar-refractivity contribution in [1.29, 1.82) is 0 Å². The quantitative estimate of drug-likeness (QED) is 0.365. The molecule has 1 saturated heterocycles. The average Bonchev–Trinajstić information content (AvgIpc) is 3.05. The van der Waals surface area contributed by atoms with Gasteiger partial charge in [-0.3, -0.25) is 9.59 Å². The normalized spacial score (nSPS) is 17.1. The predicted molar refractivity (Wildman–Crippen MR) is 102 cm³/mol. The number of carbonyl (C=O) groups excluding carboxylic acids is 2. The van der Waals surface area contributed by atoms with Crippen LogP contribution in [0.15, 0.2) is 24.3 Å². The van der Waals surface area contributed by atoms with E-state index in [1.165, 1.54) is 18.6 Å². The lowest BCUT2D eigenvalue weighted by atomic mass is 10.1. The van der Waals surface area contributed by atoms with Crippen LogP contribution in [-0.2, 0) is 20.7 Å². The highest BCUT2D eigenvalue weighted by atomic mass is 33.1. The van der Waals surface area contributed by atoms with Gasteiger partial charge in [0, 0.05) is 29.5 Å². The van der Waals surface area contributed by atoms with Crippen molar-refractivity contribution >= 4 is 38.8 Å². The predicted octanol–water partition coefficient (Wildman–Crippen LogP) is 3.68. The monoisotopic (exact) mass is 367 g/mol. The molecule has 132 valence electrons. The van der Waals surface area contributed by atoms with E-state index in [0.29, 0.717) is 12.1 Å². The smallest absolute Gasteiger partial charge is 0.162 e. The Morgan fingerprint density at radius 3 is 2.79 bits per heavy atom. The number of ketones is 2. The van der Waals surface area contributed by atoms with E-state index in [2.05, 4.69) is 0 Å². The molecule has 6 heteroatoms. The first-order valence-electron chi connectivity index (χ1n) is 8.37. The Hall–Kier alpha value is -0.980. The summed E-state index contributed by atoms with van der Waals surface area (Å²) in [5.41, 5.74) is 7.20. The third kappa shape index (κ3) is 7.73. The molecule has 0 saturated carbocycles. The minimum absolute atomic E-state index is 0.0174. The second-order valence-corrected chi connectivity index (χ2v) is 8.85. The van der Waals surface area contributed by atoms with Crippen LogP contribution in [0.25, 0.3) is 0 Å². The molecule has 0 spiro atoms. The summed E-state index contributed by atoms with van der Waals surface area (Å²) in [6.07, 6.45) is 5.34. The maximum Gasteiger partial charge on any atom is 0.162 e. The van der Waals surface area contributed by atoms with Gasteiger partial charge in [0.1, 0.15) is 13.2 Å². The van der Waals surface area contributed by atoms with Gasteiger partial charge in [-0.15, -0.1) is 0 Å². The van der Waals surface area contributed by atoms with Crippen molar-refractivity contribution in [1.82, 2.24) is 0 Å². The van der Waals surface area contributed by atoms with Crippen molar-refractivity contribution in [2.45, 2.75) is 43.8 Å². The van der Waals surface area contributed by atoms with Crippen molar-refractivity contribution in [3.8, 4) is 0 Å². The molecule has 0 radical (unpaired) electrons. The summed E-state index contributed by atoms with van der Waals surface area (Å²) in [6, 6.07) is 7.25. The summed E-state index contributed by atoms with van der Waals surface area (Å²) in [5.74, 6) is 1.30. The van der Waals surface area contributed by atoms with E-state index in [1.807, 2.05) is 33.7 Å². The van der Waals surface area contributed by atoms with Gasteiger partial charge in [0.25, 0.3) is 0 Å². The number of hydrogen-bond acceptors (Lipinski definition) is 6. The largest absolute Gasteiger partial charge is 0.399 e. The fourth-order valence-corrected chi connectivity index (χ4v) is 5.62. The van der Waals surface area contributed by atoms with E-state index >= 15 is 0 Å². The van der Waals surface area contributed by atoms with Gasteiger partial charge < -0.3 is 10.5 Å². The maximum absolute atomic E-state index is 11.8. The Bertz CT molecular complexity index is 545. The molecule has 0 aromatic heterocycles. The lowest BCUT2D eigenvalue weighted by molar-refractivity contribution is -0.128. The Balaban J connectivity index is 1.51. The summed E-state index contributed by atoms with van der Waals surface area (Å²) in [5, 5.41) is 0.769. The summed E-state index contributed by atoms with van der Waals surface area (Å²) in [6.45, 7) is 0.0210. The zero-order valence-corrected chi connectivity index (χ0v) is 15.5. The van der Waals surface area contributed by atoms with Crippen LogP contribution in [0.2, 0.25) is 0 Å². The number of unbranched alkanes of at least 4 members (excludes halogenated alkanes) is 1. The topological polar surface area (TPSA) is 69.4 Å². The summed E-state index contributed by atoms with van der Waals surface area (Å²) < 4.78 is 5.25. The van der Waals surface area contributed by atoms with Crippen molar-refractivity contribution in [2.24, 2.45) is 0 Å². The molecular formula is C18H25NO3S2. The fourth-order valence-electron chi connectivity index (χ4n) is 2.59. The first-order valence-corrected chi connectivity index (χ1v) is 10.8. The molecule has 1 aliphatic rings. The minimum atomic E-state index is -0.0378. The van der Waals surface area contributed by atoms with Crippen LogP contribution in [0.1, 0.15) is 37.7 Å². The lowest BCUT2D eigenvalue weighted by Crippen LogP contribution is -2.16. The van der Waals surface area contributed by atoms with Gasteiger partial charge in [0.15, 0.2) is 11.6 Å². The molecule has 1 aromatic rings. The van der Waals surface area contributed by atoms with Gasteiger partial charge in [-0.1, -0.05) is 40.1 Å². The van der Waals surface area contributed by atoms with Crippen molar-refractivity contribution in [3.05, 3.63) is 29.8 Å². The Morgan fingerprint density at radius 1 is 1.21 bits per heavy atom.